The van der Waals surface area contributed by atoms with Gasteiger partial charge in [0.2, 0.25) is 0 Å². The fourth-order valence-corrected chi connectivity index (χ4v) is 3.29. The van der Waals surface area contributed by atoms with Gasteiger partial charge in [0.15, 0.2) is 10.8 Å². The number of thiazole rings is 1. The Bertz CT molecular complexity index is 724. The maximum atomic E-state index is 11.8. The first-order valence-electron chi connectivity index (χ1n) is 5.72. The molecule has 0 aliphatic carbocycles. The predicted octanol–water partition coefficient (Wildman–Crippen LogP) is 3.24. The highest BCUT2D eigenvalue weighted by Crippen LogP contribution is 2.27. The fourth-order valence-electron chi connectivity index (χ4n) is 1.72. The number of hydrogen-bond acceptors (Lipinski definition) is 5. The molecule has 3 aromatic rings. The summed E-state index contributed by atoms with van der Waals surface area (Å²) in [6.07, 6.45) is 0. The maximum absolute atomic E-state index is 11.8. The average molecular weight is 289 g/mol. The fraction of sp³-hybridized carbons (Fsp3) is 0.154. The van der Waals surface area contributed by atoms with Gasteiger partial charge in [-0.25, -0.2) is 9.97 Å². The van der Waals surface area contributed by atoms with Gasteiger partial charge in [-0.3, -0.25) is 4.79 Å². The van der Waals surface area contributed by atoms with E-state index in [0.717, 1.165) is 15.6 Å². The third kappa shape index (κ3) is 2.50. The molecule has 0 aliphatic heterocycles. The van der Waals surface area contributed by atoms with Crippen molar-refractivity contribution < 1.29 is 0 Å². The van der Waals surface area contributed by atoms with Crippen LogP contribution in [0.15, 0.2) is 28.4 Å². The number of aromatic amines is 1. The normalized spacial score (nSPS) is 10.8. The Kier molecular flexibility index (Phi) is 3.04. The molecule has 0 fully saturated rings. The molecule has 0 amide bonds. The van der Waals surface area contributed by atoms with E-state index in [1.807, 2.05) is 31.4 Å². The number of aromatic nitrogens is 3. The van der Waals surface area contributed by atoms with Crippen LogP contribution in [0.25, 0.3) is 21.4 Å². The third-order valence-electron chi connectivity index (χ3n) is 2.56. The number of nitrogens with zero attached hydrogens (tertiary/aromatic N) is 2. The van der Waals surface area contributed by atoms with Gasteiger partial charge in [-0.2, -0.15) is 0 Å². The van der Waals surface area contributed by atoms with E-state index in [4.69, 9.17) is 0 Å². The molecule has 6 heteroatoms. The van der Waals surface area contributed by atoms with Crippen LogP contribution in [0.1, 0.15) is 10.6 Å². The van der Waals surface area contributed by atoms with E-state index in [2.05, 4.69) is 15.0 Å². The molecule has 0 saturated heterocycles. The first kappa shape index (κ1) is 12.3. The highest BCUT2D eigenvalue weighted by Gasteiger charge is 2.10. The summed E-state index contributed by atoms with van der Waals surface area (Å²) in [5, 5.41) is 2.68. The molecule has 4 nitrogen and oxygen atoms in total. The maximum Gasteiger partial charge on any atom is 0.251 e. The van der Waals surface area contributed by atoms with Crippen molar-refractivity contribution in [2.45, 2.75) is 13.8 Å². The van der Waals surface area contributed by atoms with Crippen LogP contribution in [0.2, 0.25) is 0 Å². The van der Waals surface area contributed by atoms with Crippen LogP contribution in [0.3, 0.4) is 0 Å². The number of hydrogen-bond donors (Lipinski definition) is 1. The SMILES string of the molecule is Cc1csc(-c2nc(-c3ccc(C)s3)cc(=O)[nH]2)n1. The lowest BCUT2D eigenvalue weighted by Gasteiger charge is -1.99. The van der Waals surface area contributed by atoms with Crippen molar-refractivity contribution in [3.05, 3.63) is 44.5 Å². The van der Waals surface area contributed by atoms with Crippen molar-refractivity contribution in [1.29, 1.82) is 0 Å². The second-order valence-corrected chi connectivity index (χ2v) is 6.33. The van der Waals surface area contributed by atoms with E-state index in [1.54, 1.807) is 11.3 Å². The molecule has 3 heterocycles. The Hall–Kier alpha value is -1.79. The minimum atomic E-state index is -0.154. The number of aryl methyl sites for hydroxylation is 2. The van der Waals surface area contributed by atoms with Crippen LogP contribution in [0.5, 0.6) is 0 Å². The van der Waals surface area contributed by atoms with Gasteiger partial charge in [-0.05, 0) is 26.0 Å². The second-order valence-electron chi connectivity index (χ2n) is 4.18. The monoisotopic (exact) mass is 289 g/mol. The number of thiophene rings is 1. The van der Waals surface area contributed by atoms with Crippen molar-refractivity contribution in [1.82, 2.24) is 15.0 Å². The van der Waals surface area contributed by atoms with Crippen LogP contribution in [0.4, 0.5) is 0 Å². The van der Waals surface area contributed by atoms with Crippen molar-refractivity contribution >= 4 is 22.7 Å². The molecule has 0 unspecified atom stereocenters. The summed E-state index contributed by atoms with van der Waals surface area (Å²) in [5.41, 5.74) is 1.48. The van der Waals surface area contributed by atoms with Crippen LogP contribution in [-0.4, -0.2) is 15.0 Å². The molecule has 0 radical (unpaired) electrons. The Balaban J connectivity index is 2.13. The molecule has 19 heavy (non-hydrogen) atoms. The summed E-state index contributed by atoms with van der Waals surface area (Å²) in [6, 6.07) is 5.53. The minimum Gasteiger partial charge on any atom is -0.304 e. The summed E-state index contributed by atoms with van der Waals surface area (Å²) < 4.78 is 0. The van der Waals surface area contributed by atoms with Gasteiger partial charge in [0.1, 0.15) is 0 Å². The summed E-state index contributed by atoms with van der Waals surface area (Å²) >= 11 is 3.11. The zero-order valence-corrected chi connectivity index (χ0v) is 12.1. The molecule has 1 N–H and O–H groups in total. The Morgan fingerprint density at radius 3 is 2.68 bits per heavy atom. The lowest BCUT2D eigenvalue weighted by Crippen LogP contribution is -2.08. The molecule has 0 atom stereocenters. The van der Waals surface area contributed by atoms with Crippen LogP contribution >= 0.6 is 22.7 Å². The van der Waals surface area contributed by atoms with Crippen molar-refractivity contribution in [3.8, 4) is 21.4 Å². The molecule has 0 bridgehead atoms. The largest absolute Gasteiger partial charge is 0.304 e. The smallest absolute Gasteiger partial charge is 0.251 e. The van der Waals surface area contributed by atoms with Gasteiger partial charge in [0.05, 0.1) is 10.6 Å². The van der Waals surface area contributed by atoms with E-state index in [9.17, 15) is 4.79 Å². The second kappa shape index (κ2) is 4.71. The Labute approximate surface area is 117 Å². The first-order chi connectivity index (χ1) is 9.11. The number of nitrogens with one attached hydrogen (secondary N) is 1. The van der Waals surface area contributed by atoms with Crippen molar-refractivity contribution in [2.24, 2.45) is 0 Å². The molecule has 3 rings (SSSR count). The summed E-state index contributed by atoms with van der Waals surface area (Å²) in [6.45, 7) is 3.96. The minimum absolute atomic E-state index is 0.154. The third-order valence-corrected chi connectivity index (χ3v) is 4.55. The molecule has 0 saturated carbocycles. The number of rotatable bonds is 2. The van der Waals surface area contributed by atoms with Gasteiger partial charge in [-0.1, -0.05) is 0 Å². The van der Waals surface area contributed by atoms with Gasteiger partial charge in [0, 0.05) is 22.0 Å². The zero-order valence-electron chi connectivity index (χ0n) is 10.4. The van der Waals surface area contributed by atoms with Crippen molar-refractivity contribution in [3.63, 3.8) is 0 Å². The molecule has 0 aliphatic rings. The topological polar surface area (TPSA) is 58.6 Å². The predicted molar refractivity (Wildman–Crippen MR) is 78.8 cm³/mol. The zero-order chi connectivity index (χ0) is 13.4. The van der Waals surface area contributed by atoms with E-state index in [-0.39, 0.29) is 5.56 Å². The van der Waals surface area contributed by atoms with Crippen molar-refractivity contribution in [2.75, 3.05) is 0 Å². The summed E-state index contributed by atoms with van der Waals surface area (Å²) in [7, 11) is 0. The van der Waals surface area contributed by atoms with Crippen LogP contribution in [-0.2, 0) is 0 Å². The van der Waals surface area contributed by atoms with Crippen LogP contribution in [0, 0.1) is 13.8 Å². The summed E-state index contributed by atoms with van der Waals surface area (Å²) in [5.74, 6) is 0.534. The molecule has 0 aromatic carbocycles. The lowest BCUT2D eigenvalue weighted by atomic mass is 10.3. The number of H-pyrrole nitrogens is 1. The van der Waals surface area contributed by atoms with Gasteiger partial charge in [0.25, 0.3) is 5.56 Å². The molecular weight excluding hydrogens is 278 g/mol. The molecule has 0 spiro atoms. The van der Waals surface area contributed by atoms with Gasteiger partial charge >= 0.3 is 0 Å². The quantitative estimate of drug-likeness (QED) is 0.788. The van der Waals surface area contributed by atoms with E-state index >= 15 is 0 Å². The summed E-state index contributed by atoms with van der Waals surface area (Å²) in [4.78, 5) is 25.5. The van der Waals surface area contributed by atoms with Gasteiger partial charge in [-0.15, -0.1) is 22.7 Å². The van der Waals surface area contributed by atoms with Gasteiger partial charge < -0.3 is 4.98 Å². The lowest BCUT2D eigenvalue weighted by molar-refractivity contribution is 1.12. The average Bonchev–Trinajstić information content (AvgIpc) is 2.97. The highest BCUT2D eigenvalue weighted by molar-refractivity contribution is 7.15. The highest BCUT2D eigenvalue weighted by atomic mass is 32.1. The first-order valence-corrected chi connectivity index (χ1v) is 7.42. The van der Waals surface area contributed by atoms with E-state index in [0.29, 0.717) is 11.5 Å². The molecule has 3 aromatic heterocycles. The Morgan fingerprint density at radius 2 is 2.05 bits per heavy atom. The standard InChI is InChI=1S/C13H11N3OS2/c1-7-6-18-13(14-7)12-15-9(5-11(17)16-12)10-4-3-8(2)19-10/h3-6H,1-2H3,(H,15,16,17). The van der Waals surface area contributed by atoms with Crippen LogP contribution < -0.4 is 5.56 Å². The van der Waals surface area contributed by atoms with E-state index < -0.39 is 0 Å². The molecule has 96 valence electrons. The Morgan fingerprint density at radius 1 is 1.21 bits per heavy atom. The van der Waals surface area contributed by atoms with E-state index in [1.165, 1.54) is 22.3 Å². The molecular formula is C13H11N3OS2.